The largest absolute Gasteiger partial charge is 0.327 e. The molecule has 3 rings (SSSR count). The van der Waals surface area contributed by atoms with E-state index >= 15 is 0 Å². The van der Waals surface area contributed by atoms with E-state index in [0.29, 0.717) is 5.92 Å². The van der Waals surface area contributed by atoms with Crippen LogP contribution >= 0.6 is 11.6 Å². The minimum Gasteiger partial charge on any atom is -0.327 e. The summed E-state index contributed by atoms with van der Waals surface area (Å²) in [6.07, 6.45) is 3.39. The number of aryl methyl sites for hydroxylation is 1. The molecule has 0 bridgehead atoms. The van der Waals surface area contributed by atoms with Crippen LogP contribution in [0.5, 0.6) is 0 Å². The van der Waals surface area contributed by atoms with Crippen LogP contribution in [0.1, 0.15) is 25.6 Å². The fraction of sp³-hybridized carbons (Fsp3) is 0.500. The van der Waals surface area contributed by atoms with Crippen molar-refractivity contribution in [2.24, 2.45) is 11.7 Å². The highest BCUT2D eigenvalue weighted by molar-refractivity contribution is 6.35. The van der Waals surface area contributed by atoms with Gasteiger partial charge in [-0.2, -0.15) is 0 Å². The topological polar surface area (TPSA) is 43.8 Å². The summed E-state index contributed by atoms with van der Waals surface area (Å²) in [5.41, 5.74) is 8.22. The number of benzene rings is 1. The molecule has 96 valence electrons. The Morgan fingerprint density at radius 3 is 2.94 bits per heavy atom. The van der Waals surface area contributed by atoms with Crippen LogP contribution in [0.4, 0.5) is 0 Å². The van der Waals surface area contributed by atoms with Gasteiger partial charge < -0.3 is 10.3 Å². The van der Waals surface area contributed by atoms with Crippen molar-refractivity contribution in [3.63, 3.8) is 0 Å². The first-order valence-electron chi connectivity index (χ1n) is 6.60. The van der Waals surface area contributed by atoms with Crippen LogP contribution in [0.3, 0.4) is 0 Å². The van der Waals surface area contributed by atoms with Crippen LogP contribution in [0.2, 0.25) is 5.02 Å². The van der Waals surface area contributed by atoms with Crippen LogP contribution < -0.4 is 5.73 Å². The van der Waals surface area contributed by atoms with Gasteiger partial charge >= 0.3 is 0 Å². The zero-order valence-electron chi connectivity index (χ0n) is 10.6. The third-order valence-electron chi connectivity index (χ3n) is 3.76. The van der Waals surface area contributed by atoms with Gasteiger partial charge in [-0.05, 0) is 37.8 Å². The predicted molar refractivity (Wildman–Crippen MR) is 74.8 cm³/mol. The minimum absolute atomic E-state index is 0.242. The third kappa shape index (κ3) is 2.02. The number of halogens is 1. The predicted octanol–water partition coefficient (Wildman–Crippen LogP) is 2.99. The normalized spacial score (nSPS) is 17.3. The molecular formula is C14H18ClN3. The molecule has 1 aromatic heterocycles. The van der Waals surface area contributed by atoms with Crippen molar-refractivity contribution in [2.45, 2.75) is 38.8 Å². The van der Waals surface area contributed by atoms with E-state index in [2.05, 4.69) is 11.5 Å². The minimum atomic E-state index is 0.242. The molecule has 1 unspecified atom stereocenters. The Labute approximate surface area is 112 Å². The van der Waals surface area contributed by atoms with Gasteiger partial charge in [0.25, 0.3) is 0 Å². The molecule has 2 aromatic rings. The van der Waals surface area contributed by atoms with Crippen molar-refractivity contribution < 1.29 is 0 Å². The quantitative estimate of drug-likeness (QED) is 0.922. The number of nitrogens with two attached hydrogens (primary N) is 1. The maximum atomic E-state index is 6.27. The lowest BCUT2D eigenvalue weighted by Gasteiger charge is -2.11. The molecule has 1 atom stereocenters. The maximum Gasteiger partial charge on any atom is 0.111 e. The van der Waals surface area contributed by atoms with Gasteiger partial charge in [-0.3, -0.25) is 0 Å². The number of rotatable bonds is 4. The van der Waals surface area contributed by atoms with Crippen molar-refractivity contribution >= 4 is 22.6 Å². The van der Waals surface area contributed by atoms with Gasteiger partial charge in [-0.25, -0.2) is 4.98 Å². The van der Waals surface area contributed by atoms with E-state index < -0.39 is 0 Å². The second-order valence-electron chi connectivity index (χ2n) is 5.09. The summed E-state index contributed by atoms with van der Waals surface area (Å²) in [6.45, 7) is 3.00. The third-order valence-corrected chi connectivity index (χ3v) is 4.06. The second-order valence-corrected chi connectivity index (χ2v) is 5.49. The van der Waals surface area contributed by atoms with Gasteiger partial charge in [-0.15, -0.1) is 0 Å². The Kier molecular flexibility index (Phi) is 3.04. The number of hydrogen-bond donors (Lipinski definition) is 1. The summed E-state index contributed by atoms with van der Waals surface area (Å²) in [5, 5.41) is 0.771. The molecule has 2 N–H and O–H groups in total. The zero-order chi connectivity index (χ0) is 12.7. The Hall–Kier alpha value is -1.06. The number of aromatic nitrogens is 2. The van der Waals surface area contributed by atoms with E-state index in [0.717, 1.165) is 34.8 Å². The van der Waals surface area contributed by atoms with Crippen LogP contribution in [0.15, 0.2) is 18.2 Å². The Morgan fingerprint density at radius 1 is 1.50 bits per heavy atom. The lowest BCUT2D eigenvalue weighted by Crippen LogP contribution is -2.26. The van der Waals surface area contributed by atoms with Crippen LogP contribution in [-0.2, 0) is 13.0 Å². The van der Waals surface area contributed by atoms with Crippen LogP contribution in [0, 0.1) is 5.92 Å². The van der Waals surface area contributed by atoms with E-state index in [4.69, 9.17) is 22.3 Å². The number of nitrogens with zero attached hydrogens (tertiary/aromatic N) is 2. The molecule has 0 saturated heterocycles. The van der Waals surface area contributed by atoms with Crippen molar-refractivity contribution in [2.75, 3.05) is 0 Å². The molecule has 1 saturated carbocycles. The van der Waals surface area contributed by atoms with E-state index in [1.165, 1.54) is 12.8 Å². The average Bonchev–Trinajstić information content (AvgIpc) is 3.12. The van der Waals surface area contributed by atoms with Crippen molar-refractivity contribution in [3.8, 4) is 0 Å². The molecule has 0 amide bonds. The summed E-state index contributed by atoms with van der Waals surface area (Å²) < 4.78 is 2.19. The average molecular weight is 264 g/mol. The molecule has 1 aromatic carbocycles. The first-order chi connectivity index (χ1) is 8.70. The Morgan fingerprint density at radius 2 is 2.28 bits per heavy atom. The second kappa shape index (κ2) is 4.56. The summed E-state index contributed by atoms with van der Waals surface area (Å²) in [7, 11) is 0. The zero-order valence-corrected chi connectivity index (χ0v) is 11.3. The van der Waals surface area contributed by atoms with E-state index in [9.17, 15) is 0 Å². The first kappa shape index (κ1) is 12.0. The lowest BCUT2D eigenvalue weighted by atomic mass is 10.1. The smallest absolute Gasteiger partial charge is 0.111 e. The van der Waals surface area contributed by atoms with E-state index in [1.807, 2.05) is 18.2 Å². The highest BCUT2D eigenvalue weighted by atomic mass is 35.5. The molecule has 18 heavy (non-hydrogen) atoms. The molecule has 4 heteroatoms. The molecule has 0 spiro atoms. The fourth-order valence-electron chi connectivity index (χ4n) is 2.59. The summed E-state index contributed by atoms with van der Waals surface area (Å²) in [5.74, 6) is 1.77. The maximum absolute atomic E-state index is 6.27. The summed E-state index contributed by atoms with van der Waals surface area (Å²) in [6, 6.07) is 6.12. The van der Waals surface area contributed by atoms with Gasteiger partial charge in [0.15, 0.2) is 0 Å². The standard InChI is InChI=1S/C14H18ClN3/c1-2-18-13(8-11(16)9-6-7-9)17-12-5-3-4-10(15)14(12)18/h3-5,9,11H,2,6-8,16H2,1H3. The molecule has 1 fully saturated rings. The summed E-state index contributed by atoms with van der Waals surface area (Å²) in [4.78, 5) is 4.69. The Bertz CT molecular complexity index is 572. The number of para-hydroxylation sites is 1. The lowest BCUT2D eigenvalue weighted by molar-refractivity contribution is 0.557. The number of fused-ring (bicyclic) bond motifs is 1. The molecular weight excluding hydrogens is 246 g/mol. The molecule has 1 aliphatic rings. The highest BCUT2D eigenvalue weighted by Crippen LogP contribution is 2.33. The van der Waals surface area contributed by atoms with E-state index in [1.54, 1.807) is 0 Å². The molecule has 0 radical (unpaired) electrons. The SMILES string of the molecule is CCn1c(CC(N)C2CC2)nc2cccc(Cl)c21. The molecule has 1 heterocycles. The van der Waals surface area contributed by atoms with Crippen LogP contribution in [0.25, 0.3) is 11.0 Å². The van der Waals surface area contributed by atoms with Gasteiger partial charge in [0.1, 0.15) is 5.82 Å². The number of imidazole rings is 1. The van der Waals surface area contributed by atoms with Crippen molar-refractivity contribution in [1.29, 1.82) is 0 Å². The highest BCUT2D eigenvalue weighted by Gasteiger charge is 2.29. The van der Waals surface area contributed by atoms with Crippen LogP contribution in [-0.4, -0.2) is 15.6 Å². The van der Waals surface area contributed by atoms with Gasteiger partial charge in [0, 0.05) is 19.0 Å². The monoisotopic (exact) mass is 263 g/mol. The summed E-state index contributed by atoms with van der Waals surface area (Å²) >= 11 is 6.27. The molecule has 1 aliphatic carbocycles. The Balaban J connectivity index is 2.02. The number of hydrogen-bond acceptors (Lipinski definition) is 2. The first-order valence-corrected chi connectivity index (χ1v) is 6.97. The fourth-order valence-corrected chi connectivity index (χ4v) is 2.86. The van der Waals surface area contributed by atoms with E-state index in [-0.39, 0.29) is 6.04 Å². The van der Waals surface area contributed by atoms with Crippen molar-refractivity contribution in [1.82, 2.24) is 9.55 Å². The van der Waals surface area contributed by atoms with Gasteiger partial charge in [-0.1, -0.05) is 17.7 Å². The van der Waals surface area contributed by atoms with Crippen molar-refractivity contribution in [3.05, 3.63) is 29.0 Å². The van der Waals surface area contributed by atoms with Gasteiger partial charge in [0.2, 0.25) is 0 Å². The van der Waals surface area contributed by atoms with Gasteiger partial charge in [0.05, 0.1) is 16.1 Å². The molecule has 0 aliphatic heterocycles. The molecule has 3 nitrogen and oxygen atoms in total.